The third kappa shape index (κ3) is 7.09. The molecule has 0 saturated carbocycles. The Morgan fingerprint density at radius 1 is 1.28 bits per heavy atom. The summed E-state index contributed by atoms with van der Waals surface area (Å²) in [4.78, 5) is 13.7. The summed E-state index contributed by atoms with van der Waals surface area (Å²) < 4.78 is 32.3. The first-order chi connectivity index (χ1) is 11.2. The van der Waals surface area contributed by atoms with E-state index in [0.717, 1.165) is 0 Å². The minimum atomic E-state index is -3.75. The first kappa shape index (κ1) is 21.5. The largest absolute Gasteiger partial charge is 0.491 e. The molecule has 0 atom stereocenters. The summed E-state index contributed by atoms with van der Waals surface area (Å²) in [5.74, 6) is -0.296. The van der Waals surface area contributed by atoms with E-state index in [1.807, 2.05) is 13.8 Å². The van der Waals surface area contributed by atoms with Crippen LogP contribution in [0.1, 0.15) is 26.7 Å². The van der Waals surface area contributed by atoms with Gasteiger partial charge in [-0.2, -0.15) is 0 Å². The fourth-order valence-electron chi connectivity index (χ4n) is 2.49. The lowest BCUT2D eigenvalue weighted by Crippen LogP contribution is -2.45. The van der Waals surface area contributed by atoms with Gasteiger partial charge in [0, 0.05) is 24.8 Å². The van der Waals surface area contributed by atoms with E-state index < -0.39 is 21.7 Å². The minimum absolute atomic E-state index is 0. The van der Waals surface area contributed by atoms with Gasteiger partial charge in [-0.3, -0.25) is 9.52 Å². The van der Waals surface area contributed by atoms with Gasteiger partial charge in [0.15, 0.2) is 0 Å². The van der Waals surface area contributed by atoms with Crippen molar-refractivity contribution in [1.82, 2.24) is 4.90 Å². The van der Waals surface area contributed by atoms with Crippen LogP contribution in [-0.2, 0) is 14.8 Å². The molecule has 25 heavy (non-hydrogen) atoms. The smallest absolute Gasteiger partial charge is 0.241 e. The van der Waals surface area contributed by atoms with Crippen molar-refractivity contribution in [2.24, 2.45) is 5.73 Å². The Balaban J connectivity index is 0.00000312. The number of amides is 1. The van der Waals surface area contributed by atoms with Gasteiger partial charge in [-0.05, 0) is 51.0 Å². The number of carbonyl (C=O) groups is 1. The van der Waals surface area contributed by atoms with Gasteiger partial charge in [0.25, 0.3) is 0 Å². The number of carbonyl (C=O) groups excluding carboxylic acids is 1. The molecule has 7 nitrogen and oxygen atoms in total. The topological polar surface area (TPSA) is 102 Å². The average molecular weight is 392 g/mol. The van der Waals surface area contributed by atoms with Crippen molar-refractivity contribution in [2.75, 3.05) is 23.6 Å². The number of piperidine rings is 1. The molecule has 1 amide bonds. The maximum Gasteiger partial charge on any atom is 0.241 e. The molecule has 142 valence electrons. The third-order valence-corrected chi connectivity index (χ3v) is 4.88. The van der Waals surface area contributed by atoms with Crippen molar-refractivity contribution in [1.29, 1.82) is 0 Å². The van der Waals surface area contributed by atoms with Crippen LogP contribution < -0.4 is 15.2 Å². The number of nitrogens with one attached hydrogen (secondary N) is 1. The molecule has 0 spiro atoms. The molecule has 1 aromatic rings. The Morgan fingerprint density at radius 2 is 1.84 bits per heavy atom. The second-order valence-corrected chi connectivity index (χ2v) is 7.99. The van der Waals surface area contributed by atoms with Gasteiger partial charge < -0.3 is 15.4 Å². The molecule has 1 heterocycles. The van der Waals surface area contributed by atoms with Gasteiger partial charge in [-0.15, -0.1) is 12.4 Å². The number of nitrogens with zero attached hydrogens (tertiary/aromatic N) is 1. The van der Waals surface area contributed by atoms with Crippen LogP contribution >= 0.6 is 12.4 Å². The van der Waals surface area contributed by atoms with Crippen LogP contribution in [-0.4, -0.2) is 50.2 Å². The quantitative estimate of drug-likeness (QED) is 0.766. The molecular formula is C16H26ClN3O4S. The van der Waals surface area contributed by atoms with Crippen molar-refractivity contribution in [3.05, 3.63) is 24.3 Å². The van der Waals surface area contributed by atoms with Gasteiger partial charge in [-0.25, -0.2) is 8.42 Å². The van der Waals surface area contributed by atoms with E-state index in [4.69, 9.17) is 10.5 Å². The Bertz CT molecular complexity index is 656. The van der Waals surface area contributed by atoms with Crippen molar-refractivity contribution >= 4 is 34.0 Å². The summed E-state index contributed by atoms with van der Waals surface area (Å²) in [5.41, 5.74) is 6.19. The minimum Gasteiger partial charge on any atom is -0.491 e. The molecule has 1 fully saturated rings. The molecule has 0 unspecified atom stereocenters. The van der Waals surface area contributed by atoms with Crippen LogP contribution in [0.3, 0.4) is 0 Å². The van der Waals surface area contributed by atoms with Gasteiger partial charge >= 0.3 is 0 Å². The Morgan fingerprint density at radius 3 is 2.36 bits per heavy atom. The first-order valence-corrected chi connectivity index (χ1v) is 9.71. The van der Waals surface area contributed by atoms with Crippen molar-refractivity contribution < 1.29 is 17.9 Å². The molecule has 0 aromatic heterocycles. The van der Waals surface area contributed by atoms with E-state index in [1.165, 1.54) is 0 Å². The number of sulfonamides is 1. The molecule has 2 rings (SSSR count). The molecule has 0 bridgehead atoms. The number of rotatable bonds is 6. The molecular weight excluding hydrogens is 366 g/mol. The summed E-state index contributed by atoms with van der Waals surface area (Å²) in [7, 11) is -3.75. The zero-order valence-corrected chi connectivity index (χ0v) is 16.1. The molecule has 1 aromatic carbocycles. The van der Waals surface area contributed by atoms with Crippen LogP contribution in [0.5, 0.6) is 5.75 Å². The second-order valence-electron chi connectivity index (χ2n) is 6.27. The summed E-state index contributed by atoms with van der Waals surface area (Å²) in [6.07, 6.45) is 1.45. The maximum absolute atomic E-state index is 12.2. The number of hydrogen-bond acceptors (Lipinski definition) is 5. The van der Waals surface area contributed by atoms with E-state index in [9.17, 15) is 13.2 Å². The Hall–Kier alpha value is -1.51. The summed E-state index contributed by atoms with van der Waals surface area (Å²) in [6, 6.07) is 6.69. The van der Waals surface area contributed by atoms with E-state index in [1.54, 1.807) is 29.2 Å². The van der Waals surface area contributed by atoms with E-state index in [0.29, 0.717) is 37.4 Å². The lowest BCUT2D eigenvalue weighted by molar-refractivity contribution is -0.129. The second kappa shape index (κ2) is 9.26. The van der Waals surface area contributed by atoms with Crippen LogP contribution in [0.2, 0.25) is 0 Å². The van der Waals surface area contributed by atoms with E-state index in [2.05, 4.69) is 4.72 Å². The van der Waals surface area contributed by atoms with Crippen molar-refractivity contribution in [3.8, 4) is 5.75 Å². The van der Waals surface area contributed by atoms with Crippen molar-refractivity contribution in [2.45, 2.75) is 38.8 Å². The zero-order chi connectivity index (χ0) is 17.7. The standard InChI is InChI=1S/C16H25N3O4S.ClH/c1-12(2)23-15-5-3-14(4-6-15)18-24(21,22)11-16(20)19-9-7-13(17)8-10-19;/h3-6,12-13,18H,7-11,17H2,1-2H3;1H. The Kier molecular flexibility index (Phi) is 7.98. The van der Waals surface area contributed by atoms with Gasteiger partial charge in [0.2, 0.25) is 15.9 Å². The van der Waals surface area contributed by atoms with Crippen LogP contribution in [0.25, 0.3) is 0 Å². The predicted octanol–water partition coefficient (Wildman–Crippen LogP) is 1.59. The molecule has 0 aliphatic carbocycles. The fraction of sp³-hybridized carbons (Fsp3) is 0.562. The number of benzene rings is 1. The number of halogens is 1. The van der Waals surface area contributed by atoms with Gasteiger partial charge in [0.05, 0.1) is 6.10 Å². The van der Waals surface area contributed by atoms with E-state index >= 15 is 0 Å². The highest BCUT2D eigenvalue weighted by atomic mass is 35.5. The number of hydrogen-bond donors (Lipinski definition) is 2. The summed E-state index contributed by atoms with van der Waals surface area (Å²) in [5, 5.41) is 0. The molecule has 1 saturated heterocycles. The van der Waals surface area contributed by atoms with Crippen molar-refractivity contribution in [3.63, 3.8) is 0 Å². The Labute approximate surface area is 155 Å². The lowest BCUT2D eigenvalue weighted by Gasteiger charge is -2.30. The first-order valence-electron chi connectivity index (χ1n) is 8.06. The number of nitrogens with two attached hydrogens (primary N) is 1. The average Bonchev–Trinajstić information content (AvgIpc) is 2.48. The highest BCUT2D eigenvalue weighted by molar-refractivity contribution is 7.93. The third-order valence-electron chi connectivity index (χ3n) is 3.71. The molecule has 3 N–H and O–H groups in total. The number of ether oxygens (including phenoxy) is 1. The van der Waals surface area contributed by atoms with Gasteiger partial charge in [-0.1, -0.05) is 0 Å². The van der Waals surface area contributed by atoms with E-state index in [-0.39, 0.29) is 24.6 Å². The molecule has 1 aliphatic heterocycles. The molecule has 0 radical (unpaired) electrons. The molecule has 1 aliphatic rings. The SMILES string of the molecule is CC(C)Oc1ccc(NS(=O)(=O)CC(=O)N2CCC(N)CC2)cc1.Cl. The van der Waals surface area contributed by atoms with Crippen LogP contribution in [0, 0.1) is 0 Å². The zero-order valence-electron chi connectivity index (χ0n) is 14.5. The van der Waals surface area contributed by atoms with Gasteiger partial charge in [0.1, 0.15) is 11.5 Å². The monoisotopic (exact) mass is 391 g/mol. The summed E-state index contributed by atoms with van der Waals surface area (Å²) in [6.45, 7) is 4.85. The highest BCUT2D eigenvalue weighted by Crippen LogP contribution is 2.18. The lowest BCUT2D eigenvalue weighted by atomic mass is 10.1. The predicted molar refractivity (Wildman–Crippen MR) is 101 cm³/mol. The maximum atomic E-state index is 12.2. The van der Waals surface area contributed by atoms with Crippen LogP contribution in [0.4, 0.5) is 5.69 Å². The number of likely N-dealkylation sites (tertiary alicyclic amines) is 1. The fourth-order valence-corrected chi connectivity index (χ4v) is 3.57. The normalized spacial score (nSPS) is 15.6. The van der Waals surface area contributed by atoms with Crippen LogP contribution in [0.15, 0.2) is 24.3 Å². The molecule has 9 heteroatoms. The summed E-state index contributed by atoms with van der Waals surface area (Å²) >= 11 is 0. The highest BCUT2D eigenvalue weighted by Gasteiger charge is 2.25. The number of anilines is 1.